The number of aromatic nitrogens is 2. The summed E-state index contributed by atoms with van der Waals surface area (Å²) < 4.78 is 11.2. The fraction of sp³-hybridized carbons (Fsp3) is 0.714. The summed E-state index contributed by atoms with van der Waals surface area (Å²) in [5, 5.41) is 0. The molecule has 0 bridgehead atoms. The van der Waals surface area contributed by atoms with Crippen LogP contribution in [0.2, 0.25) is 0 Å². The smallest absolute Gasteiger partial charge is 0.255 e. The predicted molar refractivity (Wildman–Crippen MR) is 73.5 cm³/mol. The number of hydrogen-bond acceptors (Lipinski definition) is 5. The van der Waals surface area contributed by atoms with Crippen LogP contribution in [0.15, 0.2) is 4.79 Å². The van der Waals surface area contributed by atoms with Crippen LogP contribution in [-0.4, -0.2) is 47.3 Å². The van der Waals surface area contributed by atoms with Gasteiger partial charge in [0.05, 0.1) is 24.0 Å². The normalized spacial score (nSPS) is 20.2. The molecule has 0 aliphatic carbocycles. The molecule has 2 aliphatic heterocycles. The number of ether oxygens (including phenoxy) is 2. The minimum absolute atomic E-state index is 0.000322. The van der Waals surface area contributed by atoms with Crippen LogP contribution in [-0.2, 0) is 22.6 Å². The molecule has 1 aromatic heterocycles. The molecule has 3 heterocycles. The van der Waals surface area contributed by atoms with Crippen LogP contribution in [0.3, 0.4) is 0 Å². The molecule has 1 N–H and O–H groups in total. The van der Waals surface area contributed by atoms with Gasteiger partial charge in [-0.05, 0) is 19.8 Å². The second-order valence-corrected chi connectivity index (χ2v) is 5.47. The highest BCUT2D eigenvalue weighted by Gasteiger charge is 2.23. The Bertz CT molecular complexity index is 523. The Morgan fingerprint density at radius 1 is 1.40 bits per heavy atom. The summed E-state index contributed by atoms with van der Waals surface area (Å²) in [5.74, 6) is 0.689. The minimum Gasteiger partial charge on any atom is -0.381 e. The second kappa shape index (κ2) is 6.03. The SMILES string of the molecule is Cc1nc2c(c(=O)[nH]1)CN(CCOC1CCOCC1)C2. The van der Waals surface area contributed by atoms with Crippen LogP contribution >= 0.6 is 0 Å². The predicted octanol–water partition coefficient (Wildman–Crippen LogP) is 0.590. The van der Waals surface area contributed by atoms with Crippen LogP contribution in [0.4, 0.5) is 0 Å². The van der Waals surface area contributed by atoms with Gasteiger partial charge in [-0.1, -0.05) is 0 Å². The van der Waals surface area contributed by atoms with Gasteiger partial charge in [-0.25, -0.2) is 4.98 Å². The van der Waals surface area contributed by atoms with Gasteiger partial charge in [0.15, 0.2) is 0 Å². The standard InChI is InChI=1S/C14H21N3O3/c1-10-15-13-9-17(8-12(13)14(18)16-10)4-7-20-11-2-5-19-6-3-11/h11H,2-9H2,1H3,(H,15,16,18). The fourth-order valence-corrected chi connectivity index (χ4v) is 2.80. The molecular weight excluding hydrogens is 258 g/mol. The van der Waals surface area contributed by atoms with E-state index in [2.05, 4.69) is 14.9 Å². The van der Waals surface area contributed by atoms with E-state index in [1.807, 2.05) is 6.92 Å². The number of nitrogens with zero attached hydrogens (tertiary/aromatic N) is 2. The largest absolute Gasteiger partial charge is 0.381 e. The van der Waals surface area contributed by atoms with Crippen molar-refractivity contribution in [2.75, 3.05) is 26.4 Å². The van der Waals surface area contributed by atoms with Gasteiger partial charge in [0, 0.05) is 32.8 Å². The van der Waals surface area contributed by atoms with Crippen LogP contribution in [0.1, 0.15) is 29.9 Å². The van der Waals surface area contributed by atoms with Crippen LogP contribution in [0.25, 0.3) is 0 Å². The van der Waals surface area contributed by atoms with Crippen molar-refractivity contribution in [2.24, 2.45) is 0 Å². The number of fused-ring (bicyclic) bond motifs is 1. The lowest BCUT2D eigenvalue weighted by molar-refractivity contribution is -0.0371. The van der Waals surface area contributed by atoms with Crippen LogP contribution in [0, 0.1) is 6.92 Å². The number of H-pyrrole nitrogens is 1. The zero-order valence-electron chi connectivity index (χ0n) is 11.9. The van der Waals surface area contributed by atoms with Crippen molar-refractivity contribution >= 4 is 0 Å². The summed E-state index contributed by atoms with van der Waals surface area (Å²) in [6.07, 6.45) is 2.30. The fourth-order valence-electron chi connectivity index (χ4n) is 2.80. The van der Waals surface area contributed by atoms with Crippen LogP contribution in [0.5, 0.6) is 0 Å². The van der Waals surface area contributed by atoms with E-state index in [-0.39, 0.29) is 5.56 Å². The molecule has 0 atom stereocenters. The molecule has 0 amide bonds. The van der Waals surface area contributed by atoms with Crippen molar-refractivity contribution in [1.29, 1.82) is 0 Å². The third-order valence-corrected chi connectivity index (χ3v) is 3.90. The van der Waals surface area contributed by atoms with Crippen molar-refractivity contribution in [2.45, 2.75) is 39.0 Å². The second-order valence-electron chi connectivity index (χ2n) is 5.47. The summed E-state index contributed by atoms with van der Waals surface area (Å²) in [5.41, 5.74) is 1.72. The molecule has 2 aliphatic rings. The molecule has 3 rings (SSSR count). The summed E-state index contributed by atoms with van der Waals surface area (Å²) in [4.78, 5) is 21.2. The van der Waals surface area contributed by atoms with E-state index in [1.165, 1.54) is 0 Å². The number of aryl methyl sites for hydroxylation is 1. The average Bonchev–Trinajstić information content (AvgIpc) is 2.83. The maximum Gasteiger partial charge on any atom is 0.255 e. The van der Waals surface area contributed by atoms with Gasteiger partial charge in [0.1, 0.15) is 5.82 Å². The Kier molecular flexibility index (Phi) is 4.14. The van der Waals surface area contributed by atoms with E-state index in [1.54, 1.807) is 0 Å². The average molecular weight is 279 g/mol. The van der Waals surface area contributed by atoms with E-state index >= 15 is 0 Å². The lowest BCUT2D eigenvalue weighted by Gasteiger charge is -2.23. The summed E-state index contributed by atoms with van der Waals surface area (Å²) in [6.45, 7) is 6.39. The Morgan fingerprint density at radius 3 is 3.00 bits per heavy atom. The summed E-state index contributed by atoms with van der Waals surface area (Å²) in [6, 6.07) is 0. The third-order valence-electron chi connectivity index (χ3n) is 3.90. The molecule has 1 saturated heterocycles. The minimum atomic E-state index is 0.000322. The van der Waals surface area contributed by atoms with E-state index < -0.39 is 0 Å². The molecule has 1 fully saturated rings. The summed E-state index contributed by atoms with van der Waals surface area (Å²) >= 11 is 0. The van der Waals surface area contributed by atoms with Gasteiger partial charge in [0.25, 0.3) is 5.56 Å². The summed E-state index contributed by atoms with van der Waals surface area (Å²) in [7, 11) is 0. The van der Waals surface area contributed by atoms with Crippen molar-refractivity contribution in [3.05, 3.63) is 27.4 Å². The highest BCUT2D eigenvalue weighted by molar-refractivity contribution is 5.21. The monoisotopic (exact) mass is 279 g/mol. The number of aromatic amines is 1. The highest BCUT2D eigenvalue weighted by atomic mass is 16.5. The van der Waals surface area contributed by atoms with Gasteiger partial charge >= 0.3 is 0 Å². The first-order valence-electron chi connectivity index (χ1n) is 7.23. The number of rotatable bonds is 4. The van der Waals surface area contributed by atoms with E-state index in [0.29, 0.717) is 25.1 Å². The van der Waals surface area contributed by atoms with Gasteiger partial charge in [-0.3, -0.25) is 9.69 Å². The molecule has 0 radical (unpaired) electrons. The van der Waals surface area contributed by atoms with Crippen molar-refractivity contribution in [1.82, 2.24) is 14.9 Å². The molecule has 6 nitrogen and oxygen atoms in total. The first-order chi connectivity index (χ1) is 9.72. The molecule has 110 valence electrons. The highest BCUT2D eigenvalue weighted by Crippen LogP contribution is 2.17. The van der Waals surface area contributed by atoms with E-state index in [9.17, 15) is 4.79 Å². The zero-order valence-corrected chi connectivity index (χ0v) is 11.9. The van der Waals surface area contributed by atoms with E-state index in [0.717, 1.165) is 50.4 Å². The molecule has 6 heteroatoms. The molecule has 0 aromatic carbocycles. The van der Waals surface area contributed by atoms with E-state index in [4.69, 9.17) is 9.47 Å². The maximum absolute atomic E-state index is 11.8. The molecular formula is C14H21N3O3. The Labute approximate surface area is 118 Å². The zero-order chi connectivity index (χ0) is 13.9. The van der Waals surface area contributed by atoms with Gasteiger partial charge < -0.3 is 14.5 Å². The quantitative estimate of drug-likeness (QED) is 0.873. The number of hydrogen-bond donors (Lipinski definition) is 1. The van der Waals surface area contributed by atoms with Gasteiger partial charge in [0.2, 0.25) is 0 Å². The lowest BCUT2D eigenvalue weighted by atomic mass is 10.2. The third kappa shape index (κ3) is 3.08. The maximum atomic E-state index is 11.8. The Balaban J connectivity index is 1.49. The molecule has 0 spiro atoms. The van der Waals surface area contributed by atoms with Crippen molar-refractivity contribution in [3.8, 4) is 0 Å². The Hall–Kier alpha value is -1.24. The molecule has 1 aromatic rings. The van der Waals surface area contributed by atoms with Gasteiger partial charge in [-0.2, -0.15) is 0 Å². The molecule has 0 unspecified atom stereocenters. The van der Waals surface area contributed by atoms with Gasteiger partial charge in [-0.15, -0.1) is 0 Å². The topological polar surface area (TPSA) is 67.5 Å². The molecule has 20 heavy (non-hydrogen) atoms. The van der Waals surface area contributed by atoms with Crippen molar-refractivity contribution < 1.29 is 9.47 Å². The first kappa shape index (κ1) is 13.7. The van der Waals surface area contributed by atoms with Crippen LogP contribution < -0.4 is 5.56 Å². The Morgan fingerprint density at radius 2 is 2.20 bits per heavy atom. The number of nitrogens with one attached hydrogen (secondary N) is 1. The van der Waals surface area contributed by atoms with Crippen molar-refractivity contribution in [3.63, 3.8) is 0 Å². The lowest BCUT2D eigenvalue weighted by Crippen LogP contribution is -2.28. The first-order valence-corrected chi connectivity index (χ1v) is 7.23. The molecule has 0 saturated carbocycles.